The fraction of sp³-hybridized carbons (Fsp3) is 0.294. The minimum Gasteiger partial charge on any atom is -0.309 e. The Morgan fingerprint density at radius 2 is 1.50 bits per heavy atom. The SMILES string of the molecule is CCc1cccc(CNCc2cccc(C)c2)c1.[HH]. The molecule has 0 saturated carbocycles. The van der Waals surface area contributed by atoms with Gasteiger partial charge in [0.1, 0.15) is 0 Å². The van der Waals surface area contributed by atoms with Crippen LogP contribution in [0.5, 0.6) is 0 Å². The maximum atomic E-state index is 3.50. The molecule has 0 bridgehead atoms. The lowest BCUT2D eigenvalue weighted by molar-refractivity contribution is 0.692. The van der Waals surface area contributed by atoms with Crippen LogP contribution in [-0.2, 0) is 19.5 Å². The molecule has 18 heavy (non-hydrogen) atoms. The Morgan fingerprint density at radius 1 is 0.889 bits per heavy atom. The number of aryl methyl sites for hydroxylation is 2. The summed E-state index contributed by atoms with van der Waals surface area (Å²) in [5.74, 6) is 0. The van der Waals surface area contributed by atoms with Crippen molar-refractivity contribution >= 4 is 0 Å². The van der Waals surface area contributed by atoms with Crippen molar-refractivity contribution in [3.8, 4) is 0 Å². The predicted molar refractivity (Wildman–Crippen MR) is 79.7 cm³/mol. The van der Waals surface area contributed by atoms with Crippen LogP contribution in [-0.4, -0.2) is 0 Å². The van der Waals surface area contributed by atoms with Crippen molar-refractivity contribution < 1.29 is 1.43 Å². The quantitative estimate of drug-likeness (QED) is 0.831. The molecule has 0 unspecified atom stereocenters. The summed E-state index contributed by atoms with van der Waals surface area (Å²) in [5, 5.41) is 3.50. The highest BCUT2D eigenvalue weighted by Crippen LogP contribution is 2.07. The molecule has 0 heterocycles. The molecule has 0 saturated heterocycles. The second-order valence-corrected chi connectivity index (χ2v) is 4.77. The van der Waals surface area contributed by atoms with E-state index in [-0.39, 0.29) is 1.43 Å². The third-order valence-corrected chi connectivity index (χ3v) is 3.14. The van der Waals surface area contributed by atoms with E-state index in [4.69, 9.17) is 0 Å². The number of rotatable bonds is 5. The molecule has 0 atom stereocenters. The van der Waals surface area contributed by atoms with Crippen LogP contribution in [0.25, 0.3) is 0 Å². The van der Waals surface area contributed by atoms with Crippen molar-refractivity contribution in [2.75, 3.05) is 0 Å². The maximum absolute atomic E-state index is 3.50. The van der Waals surface area contributed by atoms with Crippen molar-refractivity contribution in [2.24, 2.45) is 0 Å². The van der Waals surface area contributed by atoms with Gasteiger partial charge in [0, 0.05) is 14.5 Å². The molecule has 0 aliphatic heterocycles. The second kappa shape index (κ2) is 6.36. The Bertz CT molecular complexity index is 508. The molecule has 96 valence electrons. The molecule has 0 aromatic heterocycles. The van der Waals surface area contributed by atoms with Gasteiger partial charge in [-0.2, -0.15) is 0 Å². The van der Waals surface area contributed by atoms with Gasteiger partial charge in [-0.25, -0.2) is 0 Å². The maximum Gasteiger partial charge on any atom is 0.0208 e. The van der Waals surface area contributed by atoms with E-state index in [0.29, 0.717) is 0 Å². The molecule has 0 fully saturated rings. The van der Waals surface area contributed by atoms with Gasteiger partial charge < -0.3 is 5.32 Å². The molecule has 2 rings (SSSR count). The van der Waals surface area contributed by atoms with Gasteiger partial charge in [-0.3, -0.25) is 0 Å². The Hall–Kier alpha value is -1.60. The van der Waals surface area contributed by atoms with E-state index in [1.165, 1.54) is 22.3 Å². The largest absolute Gasteiger partial charge is 0.309 e. The highest BCUT2D eigenvalue weighted by Gasteiger charge is 1.96. The molecule has 0 amide bonds. The zero-order valence-electron chi connectivity index (χ0n) is 11.2. The van der Waals surface area contributed by atoms with Crippen molar-refractivity contribution in [2.45, 2.75) is 33.4 Å². The summed E-state index contributed by atoms with van der Waals surface area (Å²) in [6, 6.07) is 17.4. The van der Waals surface area contributed by atoms with Crippen molar-refractivity contribution in [1.82, 2.24) is 5.32 Å². The van der Waals surface area contributed by atoms with Gasteiger partial charge in [-0.1, -0.05) is 61.0 Å². The van der Waals surface area contributed by atoms with Crippen molar-refractivity contribution in [1.29, 1.82) is 0 Å². The zero-order valence-corrected chi connectivity index (χ0v) is 11.2. The average Bonchev–Trinajstić information content (AvgIpc) is 2.39. The van der Waals surface area contributed by atoms with Gasteiger partial charge in [-0.15, -0.1) is 0 Å². The topological polar surface area (TPSA) is 12.0 Å². The molecule has 1 N–H and O–H groups in total. The molecule has 0 radical (unpaired) electrons. The van der Waals surface area contributed by atoms with Gasteiger partial charge in [0.05, 0.1) is 0 Å². The molecular weight excluding hydrogens is 218 g/mol. The van der Waals surface area contributed by atoms with Crippen LogP contribution in [0.2, 0.25) is 0 Å². The van der Waals surface area contributed by atoms with E-state index >= 15 is 0 Å². The predicted octanol–water partition coefficient (Wildman–Crippen LogP) is 4.09. The molecule has 1 heteroatoms. The summed E-state index contributed by atoms with van der Waals surface area (Å²) < 4.78 is 0. The average molecular weight is 241 g/mol. The molecule has 2 aromatic rings. The number of hydrogen-bond acceptors (Lipinski definition) is 1. The molecule has 0 spiro atoms. The van der Waals surface area contributed by atoms with Gasteiger partial charge in [0.15, 0.2) is 0 Å². The Labute approximate surface area is 111 Å². The van der Waals surface area contributed by atoms with Gasteiger partial charge in [0.25, 0.3) is 0 Å². The van der Waals surface area contributed by atoms with E-state index in [2.05, 4.69) is 67.7 Å². The van der Waals surface area contributed by atoms with Crippen LogP contribution in [0.4, 0.5) is 0 Å². The fourth-order valence-corrected chi connectivity index (χ4v) is 2.13. The Balaban J connectivity index is 0.00000180. The number of benzene rings is 2. The monoisotopic (exact) mass is 241 g/mol. The van der Waals surface area contributed by atoms with Gasteiger partial charge in [-0.05, 0) is 30.0 Å². The first-order valence-electron chi connectivity index (χ1n) is 6.62. The third kappa shape index (κ3) is 3.71. The van der Waals surface area contributed by atoms with Crippen LogP contribution in [0.1, 0.15) is 30.6 Å². The van der Waals surface area contributed by atoms with Crippen LogP contribution in [0, 0.1) is 6.92 Å². The number of hydrogen-bond donors (Lipinski definition) is 1. The summed E-state index contributed by atoms with van der Waals surface area (Å²) >= 11 is 0. The highest BCUT2D eigenvalue weighted by molar-refractivity contribution is 5.24. The van der Waals surface area contributed by atoms with Gasteiger partial charge >= 0.3 is 0 Å². The van der Waals surface area contributed by atoms with Crippen LogP contribution < -0.4 is 5.32 Å². The minimum atomic E-state index is 0. The molecule has 0 aliphatic rings. The minimum absolute atomic E-state index is 0. The Morgan fingerprint density at radius 3 is 2.17 bits per heavy atom. The molecule has 1 nitrogen and oxygen atoms in total. The lowest BCUT2D eigenvalue weighted by atomic mass is 10.1. The van der Waals surface area contributed by atoms with E-state index < -0.39 is 0 Å². The lowest BCUT2D eigenvalue weighted by Crippen LogP contribution is -2.12. The second-order valence-electron chi connectivity index (χ2n) is 4.77. The van der Waals surface area contributed by atoms with Gasteiger partial charge in [0.2, 0.25) is 0 Å². The Kier molecular flexibility index (Phi) is 4.54. The van der Waals surface area contributed by atoms with Crippen LogP contribution in [0.3, 0.4) is 0 Å². The summed E-state index contributed by atoms with van der Waals surface area (Å²) in [6.07, 6.45) is 1.10. The van der Waals surface area contributed by atoms with E-state index in [1.807, 2.05) is 0 Å². The summed E-state index contributed by atoms with van der Waals surface area (Å²) in [7, 11) is 0. The van der Waals surface area contributed by atoms with Crippen molar-refractivity contribution in [3.05, 3.63) is 70.8 Å². The summed E-state index contributed by atoms with van der Waals surface area (Å²) in [4.78, 5) is 0. The van der Waals surface area contributed by atoms with E-state index in [9.17, 15) is 0 Å². The first-order valence-corrected chi connectivity index (χ1v) is 6.62. The summed E-state index contributed by atoms with van der Waals surface area (Å²) in [5.41, 5.74) is 5.44. The normalized spacial score (nSPS) is 10.6. The van der Waals surface area contributed by atoms with Crippen molar-refractivity contribution in [3.63, 3.8) is 0 Å². The smallest absolute Gasteiger partial charge is 0.0208 e. The van der Waals surface area contributed by atoms with E-state index in [1.54, 1.807) is 0 Å². The lowest BCUT2D eigenvalue weighted by Gasteiger charge is -2.07. The zero-order chi connectivity index (χ0) is 12.8. The standard InChI is InChI=1S/C17H21N.H2/c1-3-15-7-5-9-17(11-15)13-18-12-16-8-4-6-14(2)10-16;/h4-11,18H,3,12-13H2,1-2H3;1H. The highest BCUT2D eigenvalue weighted by atomic mass is 14.8. The molecule has 0 aliphatic carbocycles. The first-order chi connectivity index (χ1) is 8.78. The molecule has 2 aromatic carbocycles. The van der Waals surface area contributed by atoms with Crippen LogP contribution in [0.15, 0.2) is 48.5 Å². The molecular formula is C17H23N. The first kappa shape index (κ1) is 12.8. The third-order valence-electron chi connectivity index (χ3n) is 3.14. The number of nitrogens with one attached hydrogen (secondary N) is 1. The van der Waals surface area contributed by atoms with E-state index in [0.717, 1.165) is 19.5 Å². The summed E-state index contributed by atoms with van der Waals surface area (Å²) in [6.45, 7) is 6.19. The van der Waals surface area contributed by atoms with Crippen LogP contribution >= 0.6 is 0 Å². The fourth-order valence-electron chi connectivity index (χ4n) is 2.13.